The second kappa shape index (κ2) is 5.05. The van der Waals surface area contributed by atoms with Crippen LogP contribution in [0.25, 0.3) is 10.9 Å². The van der Waals surface area contributed by atoms with Crippen molar-refractivity contribution < 1.29 is 19.1 Å². The summed E-state index contributed by atoms with van der Waals surface area (Å²) in [5, 5.41) is 9.75. The molecular formula is C16H15FN2O3. The zero-order chi connectivity index (χ0) is 15.9. The third-order valence-corrected chi connectivity index (χ3v) is 3.98. The first kappa shape index (κ1) is 14.4. The highest BCUT2D eigenvalue weighted by molar-refractivity contribution is 6.05. The Bertz CT molecular complexity index is 777. The number of hydrogen-bond donors (Lipinski definition) is 1. The number of nitrogens with zero attached hydrogens (tertiary/aromatic N) is 2. The van der Waals surface area contributed by atoms with E-state index in [2.05, 4.69) is 4.98 Å². The minimum Gasteiger partial charge on any atom is -0.479 e. The molecular weight excluding hydrogens is 287 g/mol. The third-order valence-electron chi connectivity index (χ3n) is 3.98. The summed E-state index contributed by atoms with van der Waals surface area (Å²) in [6.07, 6.45) is -0.189. The van der Waals surface area contributed by atoms with Gasteiger partial charge in [0.05, 0.1) is 17.6 Å². The first-order chi connectivity index (χ1) is 10.4. The number of halogens is 1. The maximum atomic E-state index is 14.1. The van der Waals surface area contributed by atoms with E-state index in [-0.39, 0.29) is 18.9 Å². The van der Waals surface area contributed by atoms with E-state index >= 15 is 0 Å². The summed E-state index contributed by atoms with van der Waals surface area (Å²) in [4.78, 5) is 29.2. The maximum Gasteiger partial charge on any atom is 0.343 e. The number of aromatic nitrogens is 1. The van der Waals surface area contributed by atoms with Crippen LogP contribution >= 0.6 is 0 Å². The fourth-order valence-corrected chi connectivity index (χ4v) is 2.71. The zero-order valence-electron chi connectivity index (χ0n) is 12.0. The number of aryl methyl sites for hydroxylation is 1. The highest BCUT2D eigenvalue weighted by atomic mass is 19.1. The number of para-hydroxylation sites is 1. The predicted octanol–water partition coefficient (Wildman–Crippen LogP) is 2.18. The molecule has 22 heavy (non-hydrogen) atoms. The van der Waals surface area contributed by atoms with Crippen LogP contribution in [0.15, 0.2) is 30.3 Å². The van der Waals surface area contributed by atoms with Gasteiger partial charge in [0.25, 0.3) is 5.91 Å². The Morgan fingerprint density at radius 3 is 2.77 bits per heavy atom. The highest BCUT2D eigenvalue weighted by Crippen LogP contribution is 2.28. The van der Waals surface area contributed by atoms with Crippen LogP contribution < -0.4 is 0 Å². The van der Waals surface area contributed by atoms with E-state index in [1.807, 2.05) is 25.1 Å². The first-order valence-corrected chi connectivity index (χ1v) is 6.99. The number of rotatable bonds is 2. The van der Waals surface area contributed by atoms with Crippen molar-refractivity contribution in [1.82, 2.24) is 9.88 Å². The molecule has 3 rings (SSSR count). The van der Waals surface area contributed by atoms with E-state index in [9.17, 15) is 14.0 Å². The van der Waals surface area contributed by atoms with E-state index in [0.29, 0.717) is 11.1 Å². The predicted molar refractivity (Wildman–Crippen MR) is 78.5 cm³/mol. The molecule has 1 atom stereocenters. The molecule has 1 N–H and O–H groups in total. The van der Waals surface area contributed by atoms with Gasteiger partial charge in [-0.3, -0.25) is 9.78 Å². The summed E-state index contributed by atoms with van der Waals surface area (Å²) in [6.45, 7) is 1.49. The van der Waals surface area contributed by atoms with Gasteiger partial charge in [-0.1, -0.05) is 18.2 Å². The lowest BCUT2D eigenvalue weighted by Gasteiger charge is -2.18. The van der Waals surface area contributed by atoms with Crippen molar-refractivity contribution in [2.45, 2.75) is 19.0 Å². The van der Waals surface area contributed by atoms with E-state index < -0.39 is 18.2 Å². The van der Waals surface area contributed by atoms with E-state index in [1.54, 1.807) is 12.1 Å². The summed E-state index contributed by atoms with van der Waals surface area (Å²) >= 11 is 0. The molecule has 1 aromatic heterocycles. The number of amides is 1. The number of benzene rings is 1. The molecule has 5 nitrogen and oxygen atoms in total. The Kier molecular flexibility index (Phi) is 3.31. The molecule has 0 spiro atoms. The normalized spacial score (nSPS) is 21.3. The van der Waals surface area contributed by atoms with Gasteiger partial charge in [-0.2, -0.15) is 0 Å². The molecule has 1 saturated heterocycles. The number of pyridine rings is 1. The van der Waals surface area contributed by atoms with Crippen molar-refractivity contribution in [1.29, 1.82) is 0 Å². The van der Waals surface area contributed by atoms with Gasteiger partial charge >= 0.3 is 5.97 Å². The van der Waals surface area contributed by atoms with E-state index in [0.717, 1.165) is 11.1 Å². The van der Waals surface area contributed by atoms with Gasteiger partial charge in [-0.05, 0) is 19.1 Å². The lowest BCUT2D eigenvalue weighted by molar-refractivity contribution is -0.149. The van der Waals surface area contributed by atoms with Crippen LogP contribution in [0.3, 0.4) is 0 Å². The Labute approximate surface area is 126 Å². The number of alkyl halides is 1. The number of likely N-dealkylation sites (tertiary alicyclic amines) is 1. The lowest BCUT2D eigenvalue weighted by Crippen LogP contribution is -2.39. The molecule has 0 saturated carbocycles. The summed E-state index contributed by atoms with van der Waals surface area (Å²) < 4.78 is 14.1. The summed E-state index contributed by atoms with van der Waals surface area (Å²) in [5.74, 6) is -1.90. The minimum atomic E-state index is -2.36. The Morgan fingerprint density at radius 1 is 1.32 bits per heavy atom. The van der Waals surface area contributed by atoms with Crippen LogP contribution in [0.4, 0.5) is 4.39 Å². The second-order valence-electron chi connectivity index (χ2n) is 5.58. The highest BCUT2D eigenvalue weighted by Gasteiger charge is 2.47. The number of fused-ring (bicyclic) bond motifs is 1. The SMILES string of the molecule is Cc1ccc2cccc(C(=O)N3CCC(F)(C(=O)O)C3)c2n1. The maximum absolute atomic E-state index is 14.1. The average Bonchev–Trinajstić information content (AvgIpc) is 2.90. The summed E-state index contributed by atoms with van der Waals surface area (Å²) in [7, 11) is 0. The van der Waals surface area contributed by atoms with Crippen molar-refractivity contribution >= 4 is 22.8 Å². The molecule has 1 fully saturated rings. The molecule has 2 heterocycles. The topological polar surface area (TPSA) is 70.5 Å². The lowest BCUT2D eigenvalue weighted by atomic mass is 10.1. The fourth-order valence-electron chi connectivity index (χ4n) is 2.71. The van der Waals surface area contributed by atoms with Gasteiger partial charge in [0, 0.05) is 24.0 Å². The number of carbonyl (C=O) groups is 2. The largest absolute Gasteiger partial charge is 0.479 e. The number of hydrogen-bond acceptors (Lipinski definition) is 3. The summed E-state index contributed by atoms with van der Waals surface area (Å²) in [5.41, 5.74) is -0.654. The molecule has 0 bridgehead atoms. The van der Waals surface area contributed by atoms with E-state index in [1.165, 1.54) is 4.90 Å². The van der Waals surface area contributed by atoms with Gasteiger partial charge in [-0.15, -0.1) is 0 Å². The van der Waals surface area contributed by atoms with Crippen LogP contribution in [0.2, 0.25) is 0 Å². The Morgan fingerprint density at radius 2 is 2.09 bits per heavy atom. The fraction of sp³-hybridized carbons (Fsp3) is 0.312. The molecule has 2 aromatic rings. The number of carboxylic acids is 1. The van der Waals surface area contributed by atoms with Crippen LogP contribution in [-0.4, -0.2) is 45.6 Å². The van der Waals surface area contributed by atoms with Crippen molar-refractivity contribution in [2.24, 2.45) is 0 Å². The van der Waals surface area contributed by atoms with Gasteiger partial charge in [-0.25, -0.2) is 9.18 Å². The molecule has 1 aliphatic heterocycles. The number of aliphatic carboxylic acids is 1. The van der Waals surface area contributed by atoms with Crippen molar-refractivity contribution in [2.75, 3.05) is 13.1 Å². The minimum absolute atomic E-state index is 0.0871. The van der Waals surface area contributed by atoms with E-state index in [4.69, 9.17) is 5.11 Å². The average molecular weight is 302 g/mol. The van der Waals surface area contributed by atoms with Gasteiger partial charge in [0.1, 0.15) is 0 Å². The Balaban J connectivity index is 1.97. The number of carboxylic acid groups (broad SMARTS) is 1. The molecule has 1 amide bonds. The van der Waals surface area contributed by atoms with Crippen LogP contribution in [0.5, 0.6) is 0 Å². The van der Waals surface area contributed by atoms with Gasteiger partial charge in [0.15, 0.2) is 0 Å². The molecule has 0 aliphatic carbocycles. The van der Waals surface area contributed by atoms with Gasteiger partial charge < -0.3 is 10.0 Å². The van der Waals surface area contributed by atoms with Crippen LogP contribution in [0, 0.1) is 6.92 Å². The summed E-state index contributed by atoms with van der Waals surface area (Å²) in [6, 6.07) is 8.94. The molecule has 114 valence electrons. The monoisotopic (exact) mass is 302 g/mol. The molecule has 1 aliphatic rings. The first-order valence-electron chi connectivity index (χ1n) is 6.99. The standard InChI is InChI=1S/C16H15FN2O3/c1-10-5-6-11-3-2-4-12(13(11)18-10)14(20)19-8-7-16(17,9-19)15(21)22/h2-6H,7-9H2,1H3,(H,21,22). The molecule has 1 aromatic carbocycles. The van der Waals surface area contributed by atoms with Crippen LogP contribution in [-0.2, 0) is 4.79 Å². The second-order valence-corrected chi connectivity index (χ2v) is 5.58. The third kappa shape index (κ3) is 2.30. The smallest absolute Gasteiger partial charge is 0.343 e. The molecule has 0 radical (unpaired) electrons. The molecule has 1 unspecified atom stereocenters. The number of carbonyl (C=O) groups excluding carboxylic acids is 1. The van der Waals surface area contributed by atoms with Crippen molar-refractivity contribution in [3.8, 4) is 0 Å². The van der Waals surface area contributed by atoms with Gasteiger partial charge in [0.2, 0.25) is 5.67 Å². The van der Waals surface area contributed by atoms with Crippen molar-refractivity contribution in [3.63, 3.8) is 0 Å². The quantitative estimate of drug-likeness (QED) is 0.923. The molecule has 6 heteroatoms. The van der Waals surface area contributed by atoms with Crippen molar-refractivity contribution in [3.05, 3.63) is 41.6 Å². The zero-order valence-corrected chi connectivity index (χ0v) is 12.0. The van der Waals surface area contributed by atoms with Crippen LogP contribution in [0.1, 0.15) is 22.5 Å². The Hall–Kier alpha value is -2.50.